The highest BCUT2D eigenvalue weighted by Gasteiger charge is 2.12. The molecular weight excluding hydrogens is 234 g/mol. The number of likely N-dealkylation sites (N-methyl/N-ethyl adjacent to an activating group) is 1. The lowest BCUT2D eigenvalue weighted by molar-refractivity contribution is 0.525. The zero-order valence-corrected chi connectivity index (χ0v) is 10.6. The van der Waals surface area contributed by atoms with Crippen LogP contribution in [-0.4, -0.2) is 6.54 Å². The van der Waals surface area contributed by atoms with Crippen LogP contribution >= 0.6 is 11.6 Å². The molecule has 0 saturated heterocycles. The van der Waals surface area contributed by atoms with Crippen molar-refractivity contribution in [2.75, 3.05) is 6.54 Å². The zero-order chi connectivity index (χ0) is 12.1. The summed E-state index contributed by atoms with van der Waals surface area (Å²) in [6, 6.07) is 10.3. The van der Waals surface area contributed by atoms with Gasteiger partial charge in [-0.2, -0.15) is 0 Å². The summed E-state index contributed by atoms with van der Waals surface area (Å²) in [7, 11) is 0. The van der Waals surface area contributed by atoms with E-state index in [1.165, 1.54) is 11.1 Å². The van der Waals surface area contributed by atoms with Crippen LogP contribution < -0.4 is 5.32 Å². The first-order chi connectivity index (χ1) is 8.29. The predicted molar refractivity (Wildman–Crippen MR) is 70.3 cm³/mol. The quantitative estimate of drug-likeness (QED) is 0.871. The topological polar surface area (TPSA) is 25.2 Å². The lowest BCUT2D eigenvalue weighted by Crippen LogP contribution is -2.22. The summed E-state index contributed by atoms with van der Waals surface area (Å²) in [5.41, 5.74) is 2.45. The average molecular weight is 250 g/mol. The fourth-order valence-corrected chi connectivity index (χ4v) is 2.01. The van der Waals surface area contributed by atoms with Gasteiger partial charge in [-0.1, -0.05) is 30.7 Å². The van der Waals surface area contributed by atoms with Crippen molar-refractivity contribution < 1.29 is 4.42 Å². The molecule has 0 aliphatic heterocycles. The summed E-state index contributed by atoms with van der Waals surface area (Å²) in [5.74, 6) is 0. The molecule has 1 N–H and O–H groups in total. The van der Waals surface area contributed by atoms with Crippen molar-refractivity contribution in [3.05, 3.63) is 59.0 Å². The van der Waals surface area contributed by atoms with Gasteiger partial charge in [0.2, 0.25) is 0 Å². The maximum Gasteiger partial charge on any atom is 0.0950 e. The van der Waals surface area contributed by atoms with Gasteiger partial charge in [-0.3, -0.25) is 0 Å². The van der Waals surface area contributed by atoms with Gasteiger partial charge in [-0.15, -0.1) is 0 Å². The van der Waals surface area contributed by atoms with Gasteiger partial charge < -0.3 is 9.73 Å². The highest BCUT2D eigenvalue weighted by atomic mass is 35.5. The monoisotopic (exact) mass is 249 g/mol. The van der Waals surface area contributed by atoms with E-state index < -0.39 is 0 Å². The summed E-state index contributed by atoms with van der Waals surface area (Å²) in [6.07, 6.45) is 4.44. The minimum Gasteiger partial charge on any atom is -0.472 e. The number of hydrogen-bond donors (Lipinski definition) is 1. The van der Waals surface area contributed by atoms with E-state index in [-0.39, 0.29) is 0 Å². The maximum atomic E-state index is 5.88. The highest BCUT2D eigenvalue weighted by molar-refractivity contribution is 6.30. The molecule has 1 aromatic heterocycles. The molecule has 1 aromatic carbocycles. The van der Waals surface area contributed by atoms with E-state index in [2.05, 4.69) is 24.4 Å². The summed E-state index contributed by atoms with van der Waals surface area (Å²) in [5, 5.41) is 4.23. The Kier molecular flexibility index (Phi) is 4.24. The molecule has 2 nitrogen and oxygen atoms in total. The van der Waals surface area contributed by atoms with E-state index in [1.807, 2.05) is 18.2 Å². The van der Waals surface area contributed by atoms with Crippen molar-refractivity contribution in [2.45, 2.75) is 19.4 Å². The van der Waals surface area contributed by atoms with Crippen molar-refractivity contribution in [3.63, 3.8) is 0 Å². The third-order valence-electron chi connectivity index (χ3n) is 2.75. The molecule has 1 unspecified atom stereocenters. The van der Waals surface area contributed by atoms with E-state index in [0.717, 1.165) is 18.0 Å². The first kappa shape index (κ1) is 12.2. The molecule has 0 spiro atoms. The number of benzene rings is 1. The second kappa shape index (κ2) is 5.89. The molecule has 0 aliphatic carbocycles. The Labute approximate surface area is 107 Å². The Bertz CT molecular complexity index is 436. The SMILES string of the molecule is CCNC(Cc1ccc(Cl)cc1)c1ccoc1. The number of rotatable bonds is 5. The Morgan fingerprint density at radius 1 is 1.24 bits per heavy atom. The highest BCUT2D eigenvalue weighted by Crippen LogP contribution is 2.20. The third-order valence-corrected chi connectivity index (χ3v) is 3.00. The Hall–Kier alpha value is -1.25. The van der Waals surface area contributed by atoms with Gasteiger partial charge in [0.15, 0.2) is 0 Å². The molecule has 0 amide bonds. The van der Waals surface area contributed by atoms with E-state index >= 15 is 0 Å². The van der Waals surface area contributed by atoms with Crippen molar-refractivity contribution in [1.82, 2.24) is 5.32 Å². The van der Waals surface area contributed by atoms with Crippen LogP contribution in [0.4, 0.5) is 0 Å². The molecule has 0 bridgehead atoms. The summed E-state index contributed by atoms with van der Waals surface area (Å²) < 4.78 is 5.14. The largest absolute Gasteiger partial charge is 0.472 e. The van der Waals surface area contributed by atoms with Crippen LogP contribution in [-0.2, 0) is 6.42 Å². The van der Waals surface area contributed by atoms with Gasteiger partial charge in [0, 0.05) is 16.6 Å². The minimum absolute atomic E-state index is 0.292. The predicted octanol–water partition coefficient (Wildman–Crippen LogP) is 3.83. The summed E-state index contributed by atoms with van der Waals surface area (Å²) in [4.78, 5) is 0. The first-order valence-corrected chi connectivity index (χ1v) is 6.17. The lowest BCUT2D eigenvalue weighted by Gasteiger charge is -2.16. The standard InChI is InChI=1S/C14H16ClNO/c1-2-16-14(12-7-8-17-10-12)9-11-3-5-13(15)6-4-11/h3-8,10,14,16H,2,9H2,1H3. The third kappa shape index (κ3) is 3.35. The van der Waals surface area contributed by atoms with Crippen LogP contribution in [0.5, 0.6) is 0 Å². The molecule has 17 heavy (non-hydrogen) atoms. The van der Waals surface area contributed by atoms with Gasteiger partial charge in [0.1, 0.15) is 0 Å². The van der Waals surface area contributed by atoms with Gasteiger partial charge in [-0.25, -0.2) is 0 Å². The summed E-state index contributed by atoms with van der Waals surface area (Å²) in [6.45, 7) is 3.04. The van der Waals surface area contributed by atoms with E-state index in [4.69, 9.17) is 16.0 Å². The van der Waals surface area contributed by atoms with Crippen molar-refractivity contribution in [1.29, 1.82) is 0 Å². The normalized spacial score (nSPS) is 12.6. The lowest BCUT2D eigenvalue weighted by atomic mass is 10.0. The molecule has 3 heteroatoms. The molecular formula is C14H16ClNO. The molecule has 90 valence electrons. The van der Waals surface area contributed by atoms with Crippen LogP contribution in [0.1, 0.15) is 24.1 Å². The van der Waals surface area contributed by atoms with Crippen molar-refractivity contribution in [3.8, 4) is 0 Å². The average Bonchev–Trinajstić information content (AvgIpc) is 2.85. The zero-order valence-electron chi connectivity index (χ0n) is 9.82. The molecule has 1 heterocycles. The van der Waals surface area contributed by atoms with Gasteiger partial charge in [0.05, 0.1) is 12.5 Å². The molecule has 0 saturated carbocycles. The fourth-order valence-electron chi connectivity index (χ4n) is 1.88. The number of halogens is 1. The maximum absolute atomic E-state index is 5.88. The van der Waals surface area contributed by atoms with Crippen LogP contribution in [0.25, 0.3) is 0 Å². The Balaban J connectivity index is 2.10. The van der Waals surface area contributed by atoms with Crippen molar-refractivity contribution in [2.24, 2.45) is 0 Å². The second-order valence-corrected chi connectivity index (χ2v) is 4.43. The molecule has 0 radical (unpaired) electrons. The van der Waals surface area contributed by atoms with E-state index in [0.29, 0.717) is 6.04 Å². The van der Waals surface area contributed by atoms with Gasteiger partial charge in [-0.05, 0) is 36.7 Å². The first-order valence-electron chi connectivity index (χ1n) is 5.79. The number of nitrogens with one attached hydrogen (secondary N) is 1. The Morgan fingerprint density at radius 3 is 2.59 bits per heavy atom. The molecule has 1 atom stereocenters. The second-order valence-electron chi connectivity index (χ2n) is 4.00. The molecule has 2 aromatic rings. The number of furan rings is 1. The molecule has 2 rings (SSSR count). The smallest absolute Gasteiger partial charge is 0.0950 e. The Morgan fingerprint density at radius 2 is 2.00 bits per heavy atom. The number of hydrogen-bond acceptors (Lipinski definition) is 2. The minimum atomic E-state index is 0.292. The van der Waals surface area contributed by atoms with E-state index in [1.54, 1.807) is 12.5 Å². The van der Waals surface area contributed by atoms with Crippen LogP contribution in [0.3, 0.4) is 0 Å². The summed E-state index contributed by atoms with van der Waals surface area (Å²) >= 11 is 5.88. The molecule has 0 aliphatic rings. The fraction of sp³-hybridized carbons (Fsp3) is 0.286. The van der Waals surface area contributed by atoms with Crippen LogP contribution in [0.15, 0.2) is 47.3 Å². The van der Waals surface area contributed by atoms with E-state index in [9.17, 15) is 0 Å². The van der Waals surface area contributed by atoms with Crippen LogP contribution in [0.2, 0.25) is 5.02 Å². The van der Waals surface area contributed by atoms with Gasteiger partial charge >= 0.3 is 0 Å². The van der Waals surface area contributed by atoms with Crippen molar-refractivity contribution >= 4 is 11.6 Å². The van der Waals surface area contributed by atoms with Crippen LogP contribution in [0, 0.1) is 0 Å². The molecule has 0 fully saturated rings. The van der Waals surface area contributed by atoms with Gasteiger partial charge in [0.25, 0.3) is 0 Å².